The first kappa shape index (κ1) is 34.0. The van der Waals surface area contributed by atoms with Crippen molar-refractivity contribution in [2.75, 3.05) is 0 Å². The van der Waals surface area contributed by atoms with Crippen molar-refractivity contribution in [2.45, 2.75) is 53.4 Å². The Bertz CT molecular complexity index is 2360. The average molecular weight is 818 g/mol. The van der Waals surface area contributed by atoms with Crippen LogP contribution in [-0.4, -0.2) is 14.5 Å². The molecule has 5 aromatic carbocycles. The summed E-state index contributed by atoms with van der Waals surface area (Å²) in [4.78, 5) is 9.53. The number of pyridine rings is 1. The molecule has 3 heterocycles. The summed E-state index contributed by atoms with van der Waals surface area (Å²) < 4.78 is 8.73. The Labute approximate surface area is 302 Å². The molecule has 0 aliphatic rings. The minimum Gasteiger partial charge on any atom is -0.501 e. The van der Waals surface area contributed by atoms with Crippen LogP contribution in [0.1, 0.15) is 61.8 Å². The van der Waals surface area contributed by atoms with Crippen LogP contribution in [0.5, 0.6) is 0 Å². The molecule has 49 heavy (non-hydrogen) atoms. The number of rotatable bonds is 5. The molecule has 0 amide bonds. The molecule has 0 saturated heterocycles. The van der Waals surface area contributed by atoms with Crippen molar-refractivity contribution in [3.05, 3.63) is 150 Å². The van der Waals surface area contributed by atoms with Gasteiger partial charge in [-0.15, -0.1) is 54.1 Å². The van der Waals surface area contributed by atoms with Gasteiger partial charge in [0, 0.05) is 37.4 Å². The second-order valence-electron chi connectivity index (χ2n) is 13.0. The van der Waals surface area contributed by atoms with Gasteiger partial charge in [0.05, 0.1) is 22.4 Å². The minimum atomic E-state index is 0. The molecule has 0 N–H and O–H groups in total. The molecule has 0 fully saturated rings. The summed E-state index contributed by atoms with van der Waals surface area (Å²) in [5.74, 6) is 1.60. The standard InChI is InChI=1S/C31H27N2O.C13H12N.Ir/c1-19(2)21-12-9-13-22(20(3)4)29(21)33-27-17-7-6-16-26(27)32-31(33)25-15-10-14-24-23-11-5-8-18-28(23)34-30(24)25;1-10-8-13(14-9-11(10)2)12-6-4-3-5-7-12;/h5-14,16-20H,1-4H3;3-6,8-9H,1-2H3;/q2*-1;. The first-order valence-electron chi connectivity index (χ1n) is 16.6. The van der Waals surface area contributed by atoms with Gasteiger partial charge >= 0.3 is 0 Å². The number of aryl methyl sites for hydroxylation is 2. The average Bonchev–Trinajstić information content (AvgIpc) is 3.68. The molecule has 0 spiro atoms. The summed E-state index contributed by atoms with van der Waals surface area (Å²) in [7, 11) is 0. The molecule has 4 nitrogen and oxygen atoms in total. The molecule has 0 bridgehead atoms. The van der Waals surface area contributed by atoms with E-state index in [2.05, 4.69) is 124 Å². The van der Waals surface area contributed by atoms with E-state index in [1.54, 1.807) is 0 Å². The van der Waals surface area contributed by atoms with Crippen LogP contribution < -0.4 is 0 Å². The van der Waals surface area contributed by atoms with E-state index < -0.39 is 0 Å². The van der Waals surface area contributed by atoms with Crippen LogP contribution in [0.2, 0.25) is 0 Å². The van der Waals surface area contributed by atoms with Crippen LogP contribution >= 0.6 is 0 Å². The van der Waals surface area contributed by atoms with Crippen molar-refractivity contribution >= 4 is 33.0 Å². The van der Waals surface area contributed by atoms with Gasteiger partial charge in [0.25, 0.3) is 0 Å². The van der Waals surface area contributed by atoms with Crippen LogP contribution in [-0.2, 0) is 20.1 Å². The van der Waals surface area contributed by atoms with Gasteiger partial charge in [-0.1, -0.05) is 98.8 Å². The Hall–Kier alpha value is -4.83. The first-order valence-corrected chi connectivity index (χ1v) is 16.6. The van der Waals surface area contributed by atoms with E-state index in [1.165, 1.54) is 27.9 Å². The van der Waals surface area contributed by atoms with Gasteiger partial charge in [0.15, 0.2) is 0 Å². The van der Waals surface area contributed by atoms with Gasteiger partial charge in [0.1, 0.15) is 5.58 Å². The van der Waals surface area contributed by atoms with E-state index in [9.17, 15) is 0 Å². The monoisotopic (exact) mass is 818 g/mol. The third-order valence-corrected chi connectivity index (χ3v) is 9.05. The molecule has 0 aliphatic carbocycles. The molecule has 1 radical (unpaired) electrons. The fourth-order valence-corrected chi connectivity index (χ4v) is 6.37. The maximum atomic E-state index is 6.40. The number of nitrogens with zero attached hydrogens (tertiary/aromatic N) is 3. The van der Waals surface area contributed by atoms with Crippen molar-refractivity contribution in [2.24, 2.45) is 0 Å². The molecule has 247 valence electrons. The summed E-state index contributed by atoms with van der Waals surface area (Å²) in [6.45, 7) is 13.2. The molecule has 3 aromatic heterocycles. The Morgan fingerprint density at radius 2 is 1.41 bits per heavy atom. The predicted molar refractivity (Wildman–Crippen MR) is 199 cm³/mol. The predicted octanol–water partition coefficient (Wildman–Crippen LogP) is 11.8. The normalized spacial score (nSPS) is 11.3. The third kappa shape index (κ3) is 6.49. The molecule has 8 aromatic rings. The van der Waals surface area contributed by atoms with Gasteiger partial charge in [-0.2, -0.15) is 0 Å². The van der Waals surface area contributed by atoms with Crippen LogP contribution in [0.25, 0.3) is 61.3 Å². The van der Waals surface area contributed by atoms with Gasteiger partial charge < -0.3 is 14.0 Å². The second-order valence-corrected chi connectivity index (χ2v) is 13.0. The zero-order valence-electron chi connectivity index (χ0n) is 28.7. The number of hydrogen-bond acceptors (Lipinski definition) is 3. The zero-order valence-corrected chi connectivity index (χ0v) is 31.1. The molecule has 0 atom stereocenters. The number of fused-ring (bicyclic) bond motifs is 4. The van der Waals surface area contributed by atoms with Crippen LogP contribution in [0.4, 0.5) is 0 Å². The van der Waals surface area contributed by atoms with Crippen LogP contribution in [0, 0.1) is 26.0 Å². The zero-order chi connectivity index (χ0) is 33.4. The van der Waals surface area contributed by atoms with Gasteiger partial charge in [-0.3, -0.25) is 4.98 Å². The van der Waals surface area contributed by atoms with Crippen molar-refractivity contribution < 1.29 is 24.5 Å². The number of para-hydroxylation sites is 4. The van der Waals surface area contributed by atoms with Gasteiger partial charge in [0.2, 0.25) is 0 Å². The number of benzene rings is 5. The molecule has 5 heteroatoms. The van der Waals surface area contributed by atoms with Crippen molar-refractivity contribution in [3.63, 3.8) is 0 Å². The number of imidazole rings is 1. The van der Waals surface area contributed by atoms with E-state index in [-0.39, 0.29) is 20.1 Å². The fourth-order valence-electron chi connectivity index (χ4n) is 6.37. The minimum absolute atomic E-state index is 0. The third-order valence-electron chi connectivity index (χ3n) is 9.05. The van der Waals surface area contributed by atoms with E-state index in [1.807, 2.05) is 54.7 Å². The smallest absolute Gasteiger partial charge is 0.120 e. The van der Waals surface area contributed by atoms with E-state index in [4.69, 9.17) is 9.40 Å². The Morgan fingerprint density at radius 1 is 0.694 bits per heavy atom. The summed E-state index contributed by atoms with van der Waals surface area (Å²) in [6.07, 6.45) is 1.91. The molecular formula is C44H39IrN3O-2. The molecule has 0 saturated carbocycles. The molecule has 8 rings (SSSR count). The van der Waals surface area contributed by atoms with Gasteiger partial charge in [-0.25, -0.2) is 0 Å². The Kier molecular flexibility index (Phi) is 9.96. The Balaban J connectivity index is 0.000000234. The molecular weight excluding hydrogens is 779 g/mol. The number of hydrogen-bond donors (Lipinski definition) is 0. The molecule has 0 aliphatic heterocycles. The SMILES string of the molecule is CC(C)c1cccc(C(C)C)c1-n1c(-c2[c-]ccc3c2oc2ccccc23)nc2ccccc21.Cc1cnc(-c2[c-]cccc2)cc1C.[Ir]. The van der Waals surface area contributed by atoms with Crippen molar-refractivity contribution in [1.29, 1.82) is 0 Å². The van der Waals surface area contributed by atoms with Gasteiger partial charge in [-0.05, 0) is 66.3 Å². The maximum Gasteiger partial charge on any atom is 0.120 e. The van der Waals surface area contributed by atoms with Crippen molar-refractivity contribution in [1.82, 2.24) is 14.5 Å². The molecule has 0 unspecified atom stereocenters. The summed E-state index contributed by atoms with van der Waals surface area (Å²) in [5.41, 5.74) is 13.0. The second kappa shape index (κ2) is 14.3. The fraction of sp³-hybridized carbons (Fsp3) is 0.182. The summed E-state index contributed by atoms with van der Waals surface area (Å²) >= 11 is 0. The van der Waals surface area contributed by atoms with Crippen LogP contribution in [0.3, 0.4) is 0 Å². The topological polar surface area (TPSA) is 43.9 Å². The first-order chi connectivity index (χ1) is 23.3. The van der Waals surface area contributed by atoms with E-state index in [0.29, 0.717) is 11.8 Å². The largest absolute Gasteiger partial charge is 0.501 e. The quantitative estimate of drug-likeness (QED) is 0.163. The summed E-state index contributed by atoms with van der Waals surface area (Å²) in [6, 6.07) is 44.0. The summed E-state index contributed by atoms with van der Waals surface area (Å²) in [5, 5.41) is 2.20. The maximum absolute atomic E-state index is 6.40. The van der Waals surface area contributed by atoms with E-state index >= 15 is 0 Å². The number of aromatic nitrogens is 3. The Morgan fingerprint density at radius 3 is 2.12 bits per heavy atom. The number of furan rings is 1. The van der Waals surface area contributed by atoms with Crippen LogP contribution in [0.15, 0.2) is 120 Å². The van der Waals surface area contributed by atoms with E-state index in [0.717, 1.165) is 55.6 Å². The van der Waals surface area contributed by atoms with Crippen molar-refractivity contribution in [3.8, 4) is 28.3 Å².